The van der Waals surface area contributed by atoms with Crippen LogP contribution in [0.25, 0.3) is 0 Å². The van der Waals surface area contributed by atoms with E-state index in [-0.39, 0.29) is 24.5 Å². The molecular weight excluding hydrogens is 384 g/mol. The van der Waals surface area contributed by atoms with E-state index in [9.17, 15) is 9.59 Å². The number of nitrogens with zero attached hydrogens (tertiary/aromatic N) is 2. The van der Waals surface area contributed by atoms with Crippen LogP contribution in [0, 0.1) is 13.8 Å². The summed E-state index contributed by atoms with van der Waals surface area (Å²) in [6.07, 6.45) is 1.81. The summed E-state index contributed by atoms with van der Waals surface area (Å²) in [5, 5.41) is 0. The fourth-order valence-electron chi connectivity index (χ4n) is 4.17. The number of likely N-dealkylation sites (tertiary alicyclic amines) is 1. The van der Waals surface area contributed by atoms with E-state index in [1.54, 1.807) is 27.2 Å². The molecule has 2 aromatic rings. The Morgan fingerprint density at radius 3 is 2.57 bits per heavy atom. The molecule has 7 heteroatoms. The highest BCUT2D eigenvalue weighted by Gasteiger charge is 2.32. The van der Waals surface area contributed by atoms with E-state index in [0.717, 1.165) is 41.3 Å². The van der Waals surface area contributed by atoms with Crippen LogP contribution in [0.3, 0.4) is 0 Å². The Balaban J connectivity index is 1.83. The van der Waals surface area contributed by atoms with Crippen molar-refractivity contribution in [3.63, 3.8) is 0 Å². The number of methoxy groups -OCH3 is 2. The molecule has 3 rings (SSSR count). The van der Waals surface area contributed by atoms with Crippen molar-refractivity contribution in [3.05, 3.63) is 46.8 Å². The molecule has 1 saturated heterocycles. The summed E-state index contributed by atoms with van der Waals surface area (Å²) in [5.41, 5.74) is 3.10. The third-order valence-corrected chi connectivity index (χ3v) is 5.74. The van der Waals surface area contributed by atoms with Crippen LogP contribution >= 0.6 is 0 Å². The Morgan fingerprint density at radius 2 is 1.90 bits per heavy atom. The van der Waals surface area contributed by atoms with Crippen molar-refractivity contribution >= 4 is 11.9 Å². The quantitative estimate of drug-likeness (QED) is 0.647. The molecule has 0 N–H and O–H groups in total. The normalized spacial score (nSPS) is 15.9. The second-order valence-electron chi connectivity index (χ2n) is 7.44. The zero-order valence-corrected chi connectivity index (χ0v) is 18.4. The molecule has 0 bridgehead atoms. The topological polar surface area (TPSA) is 70.0 Å². The molecule has 2 heterocycles. The van der Waals surface area contributed by atoms with Gasteiger partial charge in [-0.25, -0.2) is 4.79 Å². The fraction of sp³-hybridized carbons (Fsp3) is 0.478. The minimum absolute atomic E-state index is 0.0209. The molecular formula is C23H30N2O5. The molecule has 0 saturated carbocycles. The predicted molar refractivity (Wildman–Crippen MR) is 113 cm³/mol. The first-order valence-corrected chi connectivity index (χ1v) is 10.3. The lowest BCUT2D eigenvalue weighted by atomic mass is 10.0. The molecule has 0 radical (unpaired) electrons. The van der Waals surface area contributed by atoms with Gasteiger partial charge in [0.25, 0.3) is 0 Å². The maximum Gasteiger partial charge on any atom is 0.339 e. The SMILES string of the molecule is CCOC(=O)c1cc(C)n(CC(=O)N2CCC[C@H]2c2ccc(OC)cc2OC)c1C. The lowest BCUT2D eigenvalue weighted by Crippen LogP contribution is -2.34. The van der Waals surface area contributed by atoms with Crippen LogP contribution in [-0.2, 0) is 16.1 Å². The van der Waals surface area contributed by atoms with E-state index in [4.69, 9.17) is 14.2 Å². The molecule has 1 aromatic carbocycles. The van der Waals surface area contributed by atoms with Gasteiger partial charge in [0.05, 0.1) is 32.4 Å². The summed E-state index contributed by atoms with van der Waals surface area (Å²) in [6.45, 7) is 6.73. The van der Waals surface area contributed by atoms with E-state index in [1.807, 2.05) is 41.5 Å². The third-order valence-electron chi connectivity index (χ3n) is 5.74. The number of carbonyl (C=O) groups is 2. The molecule has 0 spiro atoms. The smallest absolute Gasteiger partial charge is 0.339 e. The van der Waals surface area contributed by atoms with Crippen LogP contribution in [-0.4, -0.2) is 48.7 Å². The Morgan fingerprint density at radius 1 is 1.13 bits per heavy atom. The van der Waals surface area contributed by atoms with Gasteiger partial charge in [0, 0.05) is 29.6 Å². The second kappa shape index (κ2) is 9.24. The maximum absolute atomic E-state index is 13.3. The number of benzene rings is 1. The number of esters is 1. The molecule has 1 fully saturated rings. The highest BCUT2D eigenvalue weighted by Crippen LogP contribution is 2.39. The van der Waals surface area contributed by atoms with Crippen molar-refractivity contribution in [1.29, 1.82) is 0 Å². The van der Waals surface area contributed by atoms with E-state index in [2.05, 4.69) is 0 Å². The van der Waals surface area contributed by atoms with Gasteiger partial charge in [-0.3, -0.25) is 4.79 Å². The lowest BCUT2D eigenvalue weighted by Gasteiger charge is -2.27. The van der Waals surface area contributed by atoms with Crippen molar-refractivity contribution in [2.75, 3.05) is 27.4 Å². The van der Waals surface area contributed by atoms with Crippen molar-refractivity contribution in [3.8, 4) is 11.5 Å². The van der Waals surface area contributed by atoms with Crippen LogP contribution in [0.4, 0.5) is 0 Å². The average molecular weight is 415 g/mol. The van der Waals surface area contributed by atoms with Crippen LogP contribution in [0.15, 0.2) is 24.3 Å². The number of amides is 1. The zero-order chi connectivity index (χ0) is 21.8. The average Bonchev–Trinajstić information content (AvgIpc) is 3.34. The van der Waals surface area contributed by atoms with E-state index >= 15 is 0 Å². The Kier molecular flexibility index (Phi) is 6.70. The summed E-state index contributed by atoms with van der Waals surface area (Å²) in [4.78, 5) is 27.3. The first-order chi connectivity index (χ1) is 14.4. The van der Waals surface area contributed by atoms with Gasteiger partial charge in [0.2, 0.25) is 5.91 Å². The molecule has 30 heavy (non-hydrogen) atoms. The van der Waals surface area contributed by atoms with Gasteiger partial charge in [0.1, 0.15) is 18.0 Å². The summed E-state index contributed by atoms with van der Waals surface area (Å²) < 4.78 is 17.9. The number of hydrogen-bond acceptors (Lipinski definition) is 5. The third kappa shape index (κ3) is 4.15. The van der Waals surface area contributed by atoms with E-state index < -0.39 is 0 Å². The Labute approximate surface area is 177 Å². The minimum Gasteiger partial charge on any atom is -0.497 e. The number of aryl methyl sites for hydroxylation is 1. The van der Waals surface area contributed by atoms with Crippen LogP contribution in [0.2, 0.25) is 0 Å². The summed E-state index contributed by atoms with van der Waals surface area (Å²) >= 11 is 0. The Hall–Kier alpha value is -2.96. The molecule has 1 aliphatic heterocycles. The Bertz CT molecular complexity index is 934. The molecule has 162 valence electrons. The highest BCUT2D eigenvalue weighted by atomic mass is 16.5. The van der Waals surface area contributed by atoms with Crippen LogP contribution in [0.5, 0.6) is 11.5 Å². The monoisotopic (exact) mass is 414 g/mol. The summed E-state index contributed by atoms with van der Waals surface area (Å²) in [7, 11) is 3.25. The molecule has 1 atom stereocenters. The molecule has 0 unspecified atom stereocenters. The second-order valence-corrected chi connectivity index (χ2v) is 7.44. The number of aromatic nitrogens is 1. The standard InChI is InChI=1S/C23H30N2O5/c1-6-30-23(27)19-12-15(2)25(16(19)3)14-22(26)24-11-7-8-20(24)18-10-9-17(28-4)13-21(18)29-5/h9-10,12-13,20H,6-8,11,14H2,1-5H3/t20-/m0/s1. The first-order valence-electron chi connectivity index (χ1n) is 10.3. The van der Waals surface area contributed by atoms with Crippen LogP contribution < -0.4 is 9.47 Å². The van der Waals surface area contributed by atoms with Crippen molar-refractivity contribution < 1.29 is 23.8 Å². The summed E-state index contributed by atoms with van der Waals surface area (Å²) in [5.74, 6) is 1.10. The van der Waals surface area contributed by atoms with Gasteiger partial charge >= 0.3 is 5.97 Å². The number of ether oxygens (including phenoxy) is 3. The van der Waals surface area contributed by atoms with Gasteiger partial charge in [-0.05, 0) is 51.8 Å². The van der Waals surface area contributed by atoms with Crippen molar-refractivity contribution in [2.24, 2.45) is 0 Å². The fourth-order valence-corrected chi connectivity index (χ4v) is 4.17. The zero-order valence-electron chi connectivity index (χ0n) is 18.4. The van der Waals surface area contributed by atoms with E-state index in [0.29, 0.717) is 18.7 Å². The molecule has 1 aliphatic rings. The van der Waals surface area contributed by atoms with Crippen molar-refractivity contribution in [2.45, 2.75) is 46.2 Å². The maximum atomic E-state index is 13.3. The van der Waals surface area contributed by atoms with Gasteiger partial charge in [-0.1, -0.05) is 0 Å². The minimum atomic E-state index is -0.355. The number of hydrogen-bond donors (Lipinski definition) is 0. The van der Waals surface area contributed by atoms with Gasteiger partial charge < -0.3 is 23.7 Å². The van der Waals surface area contributed by atoms with Gasteiger partial charge in [0.15, 0.2) is 0 Å². The number of rotatable bonds is 7. The first kappa shape index (κ1) is 21.7. The number of carbonyl (C=O) groups excluding carboxylic acids is 2. The highest BCUT2D eigenvalue weighted by molar-refractivity contribution is 5.91. The van der Waals surface area contributed by atoms with Gasteiger partial charge in [-0.15, -0.1) is 0 Å². The van der Waals surface area contributed by atoms with Crippen molar-refractivity contribution in [1.82, 2.24) is 9.47 Å². The molecule has 0 aliphatic carbocycles. The predicted octanol–water partition coefficient (Wildman–Crippen LogP) is 3.66. The van der Waals surface area contributed by atoms with Gasteiger partial charge in [-0.2, -0.15) is 0 Å². The molecule has 1 amide bonds. The summed E-state index contributed by atoms with van der Waals surface area (Å²) in [6, 6.07) is 7.46. The largest absolute Gasteiger partial charge is 0.497 e. The molecule has 7 nitrogen and oxygen atoms in total. The lowest BCUT2D eigenvalue weighted by molar-refractivity contribution is -0.132. The molecule has 1 aromatic heterocycles. The van der Waals surface area contributed by atoms with E-state index in [1.165, 1.54) is 0 Å². The van der Waals surface area contributed by atoms with Crippen LogP contribution in [0.1, 0.15) is 53.1 Å².